The molecule has 3 rings (SSSR count). The Balaban J connectivity index is 1.89. The summed E-state index contributed by atoms with van der Waals surface area (Å²) in [5, 5.41) is 12.3. The minimum Gasteiger partial charge on any atom is -0.497 e. The van der Waals surface area contributed by atoms with Crippen molar-refractivity contribution < 1.29 is 24.2 Å². The van der Waals surface area contributed by atoms with Crippen molar-refractivity contribution >= 4 is 11.9 Å². The molecule has 1 heterocycles. The SMILES string of the molecule is COc1cccc(C(C)(CC(=O)O)NC(=O)c2ccc3c(c2)CCOC3)c1. The number of ether oxygens (including phenoxy) is 2. The Morgan fingerprint density at radius 2 is 2.04 bits per heavy atom. The summed E-state index contributed by atoms with van der Waals surface area (Å²) < 4.78 is 10.7. The fraction of sp³-hybridized carbons (Fsp3) is 0.333. The van der Waals surface area contributed by atoms with Crippen molar-refractivity contribution in [2.75, 3.05) is 13.7 Å². The zero-order chi connectivity index (χ0) is 19.4. The number of methoxy groups -OCH3 is 1. The lowest BCUT2D eigenvalue weighted by Crippen LogP contribution is -2.45. The third-order valence-electron chi connectivity index (χ3n) is 4.84. The lowest BCUT2D eigenvalue weighted by atomic mass is 9.87. The highest BCUT2D eigenvalue weighted by Gasteiger charge is 2.32. The van der Waals surface area contributed by atoms with Crippen molar-refractivity contribution in [3.05, 3.63) is 64.7 Å². The molecule has 27 heavy (non-hydrogen) atoms. The number of aliphatic carboxylic acids is 1. The van der Waals surface area contributed by atoms with Crippen molar-refractivity contribution in [2.24, 2.45) is 0 Å². The average Bonchev–Trinajstić information content (AvgIpc) is 2.67. The second-order valence-corrected chi connectivity index (χ2v) is 6.87. The number of carbonyl (C=O) groups excluding carboxylic acids is 1. The summed E-state index contributed by atoms with van der Waals surface area (Å²) in [4.78, 5) is 24.3. The van der Waals surface area contributed by atoms with E-state index in [1.165, 1.54) is 0 Å². The fourth-order valence-corrected chi connectivity index (χ4v) is 3.31. The minimum absolute atomic E-state index is 0.245. The monoisotopic (exact) mass is 369 g/mol. The first-order valence-corrected chi connectivity index (χ1v) is 8.80. The van der Waals surface area contributed by atoms with Crippen LogP contribution in [0.15, 0.2) is 42.5 Å². The second kappa shape index (κ2) is 7.80. The van der Waals surface area contributed by atoms with Gasteiger partial charge in [-0.05, 0) is 54.3 Å². The van der Waals surface area contributed by atoms with Crippen LogP contribution in [0, 0.1) is 0 Å². The largest absolute Gasteiger partial charge is 0.497 e. The van der Waals surface area contributed by atoms with Gasteiger partial charge >= 0.3 is 5.97 Å². The van der Waals surface area contributed by atoms with Crippen LogP contribution >= 0.6 is 0 Å². The maximum Gasteiger partial charge on any atom is 0.306 e. The van der Waals surface area contributed by atoms with Crippen LogP contribution in [0.5, 0.6) is 5.75 Å². The number of rotatable bonds is 6. The molecule has 0 spiro atoms. The van der Waals surface area contributed by atoms with Crippen molar-refractivity contribution in [3.63, 3.8) is 0 Å². The van der Waals surface area contributed by atoms with Gasteiger partial charge in [-0.15, -0.1) is 0 Å². The highest BCUT2D eigenvalue weighted by Crippen LogP contribution is 2.29. The maximum atomic E-state index is 12.9. The molecule has 1 aliphatic heterocycles. The zero-order valence-corrected chi connectivity index (χ0v) is 15.5. The van der Waals surface area contributed by atoms with E-state index < -0.39 is 11.5 Å². The van der Waals surface area contributed by atoms with Gasteiger partial charge in [-0.2, -0.15) is 0 Å². The summed E-state index contributed by atoms with van der Waals surface area (Å²) >= 11 is 0. The standard InChI is InChI=1S/C21H23NO5/c1-21(12-19(23)24,17-4-3-5-18(11-17)26-2)22-20(25)15-6-7-16-13-27-9-8-14(16)10-15/h3-7,10-11H,8-9,12-13H2,1-2H3,(H,22,25)(H,23,24). The first-order chi connectivity index (χ1) is 12.9. The van der Waals surface area contributed by atoms with Gasteiger partial charge in [-0.1, -0.05) is 18.2 Å². The normalized spacial score (nSPS) is 15.3. The number of nitrogens with one attached hydrogen (secondary N) is 1. The number of hydrogen-bond donors (Lipinski definition) is 2. The van der Waals surface area contributed by atoms with Gasteiger partial charge in [0.05, 0.1) is 32.3 Å². The maximum absolute atomic E-state index is 12.9. The van der Waals surface area contributed by atoms with E-state index in [1.54, 1.807) is 44.4 Å². The van der Waals surface area contributed by atoms with Crippen LogP contribution in [0.4, 0.5) is 0 Å². The molecular formula is C21H23NO5. The molecular weight excluding hydrogens is 346 g/mol. The van der Waals surface area contributed by atoms with Gasteiger partial charge in [-0.3, -0.25) is 9.59 Å². The first kappa shape index (κ1) is 18.9. The van der Waals surface area contributed by atoms with E-state index in [0.29, 0.717) is 30.1 Å². The number of carbonyl (C=O) groups is 2. The van der Waals surface area contributed by atoms with Gasteiger partial charge in [0.2, 0.25) is 0 Å². The summed E-state index contributed by atoms with van der Waals surface area (Å²) in [5.74, 6) is -0.703. The van der Waals surface area contributed by atoms with E-state index in [0.717, 1.165) is 17.5 Å². The fourth-order valence-electron chi connectivity index (χ4n) is 3.31. The quantitative estimate of drug-likeness (QED) is 0.818. The van der Waals surface area contributed by atoms with Crippen molar-refractivity contribution in [1.29, 1.82) is 0 Å². The Hall–Kier alpha value is -2.86. The molecule has 142 valence electrons. The van der Waals surface area contributed by atoms with Crippen LogP contribution in [-0.4, -0.2) is 30.7 Å². The highest BCUT2D eigenvalue weighted by molar-refractivity contribution is 5.95. The van der Waals surface area contributed by atoms with Gasteiger partial charge in [0, 0.05) is 5.56 Å². The first-order valence-electron chi connectivity index (χ1n) is 8.80. The van der Waals surface area contributed by atoms with Gasteiger partial charge in [0.1, 0.15) is 5.75 Å². The summed E-state index contributed by atoms with van der Waals surface area (Å²) in [6.07, 6.45) is 0.517. The van der Waals surface area contributed by atoms with E-state index in [1.807, 2.05) is 12.1 Å². The lowest BCUT2D eigenvalue weighted by molar-refractivity contribution is -0.138. The number of carboxylic acid groups (broad SMARTS) is 1. The molecule has 6 nitrogen and oxygen atoms in total. The molecule has 2 aromatic carbocycles. The Morgan fingerprint density at radius 3 is 2.78 bits per heavy atom. The molecule has 2 N–H and O–H groups in total. The van der Waals surface area contributed by atoms with E-state index in [4.69, 9.17) is 9.47 Å². The molecule has 6 heteroatoms. The van der Waals surface area contributed by atoms with E-state index in [2.05, 4.69) is 5.32 Å². The minimum atomic E-state index is -1.07. The number of amides is 1. The van der Waals surface area contributed by atoms with Gasteiger partial charge < -0.3 is 19.9 Å². The Labute approximate surface area is 158 Å². The third-order valence-corrected chi connectivity index (χ3v) is 4.84. The van der Waals surface area contributed by atoms with E-state index in [9.17, 15) is 14.7 Å². The number of benzene rings is 2. The molecule has 1 atom stereocenters. The predicted octanol–water partition coefficient (Wildman–Crippen LogP) is 2.89. The third kappa shape index (κ3) is 4.28. The van der Waals surface area contributed by atoms with Crippen LogP contribution < -0.4 is 10.1 Å². The van der Waals surface area contributed by atoms with Crippen LogP contribution in [0.25, 0.3) is 0 Å². The predicted molar refractivity (Wildman–Crippen MR) is 99.9 cm³/mol. The topological polar surface area (TPSA) is 84.9 Å². The van der Waals surface area contributed by atoms with Crippen LogP contribution in [0.1, 0.15) is 40.4 Å². The van der Waals surface area contributed by atoms with Crippen molar-refractivity contribution in [1.82, 2.24) is 5.32 Å². The van der Waals surface area contributed by atoms with Crippen LogP contribution in [-0.2, 0) is 28.1 Å². The number of fused-ring (bicyclic) bond motifs is 1. The molecule has 1 unspecified atom stereocenters. The molecule has 0 bridgehead atoms. The Bertz CT molecular complexity index is 863. The Kier molecular flexibility index (Phi) is 5.46. The highest BCUT2D eigenvalue weighted by atomic mass is 16.5. The van der Waals surface area contributed by atoms with Crippen molar-refractivity contribution in [2.45, 2.75) is 31.9 Å². The molecule has 0 fully saturated rings. The number of carboxylic acids is 1. The van der Waals surface area contributed by atoms with Gasteiger partial charge in [-0.25, -0.2) is 0 Å². The number of hydrogen-bond acceptors (Lipinski definition) is 4. The summed E-state index contributed by atoms with van der Waals surface area (Å²) in [6, 6.07) is 12.6. The molecule has 2 aromatic rings. The van der Waals surface area contributed by atoms with E-state index in [-0.39, 0.29) is 12.3 Å². The smallest absolute Gasteiger partial charge is 0.306 e. The van der Waals surface area contributed by atoms with Crippen molar-refractivity contribution in [3.8, 4) is 5.75 Å². The molecule has 1 aliphatic rings. The van der Waals surface area contributed by atoms with Crippen LogP contribution in [0.3, 0.4) is 0 Å². The van der Waals surface area contributed by atoms with E-state index >= 15 is 0 Å². The second-order valence-electron chi connectivity index (χ2n) is 6.87. The molecule has 0 aliphatic carbocycles. The molecule has 0 aromatic heterocycles. The molecule has 1 amide bonds. The Morgan fingerprint density at radius 1 is 1.22 bits per heavy atom. The lowest BCUT2D eigenvalue weighted by Gasteiger charge is -2.30. The summed E-state index contributed by atoms with van der Waals surface area (Å²) in [7, 11) is 1.54. The summed E-state index contributed by atoms with van der Waals surface area (Å²) in [6.45, 7) is 2.90. The molecule has 0 saturated heterocycles. The average molecular weight is 369 g/mol. The molecule has 0 radical (unpaired) electrons. The van der Waals surface area contributed by atoms with Gasteiger partial charge in [0.15, 0.2) is 0 Å². The zero-order valence-electron chi connectivity index (χ0n) is 15.5. The van der Waals surface area contributed by atoms with Crippen LogP contribution in [0.2, 0.25) is 0 Å². The van der Waals surface area contributed by atoms with Gasteiger partial charge in [0.25, 0.3) is 5.91 Å². The summed E-state index contributed by atoms with van der Waals surface area (Å²) in [5.41, 5.74) is 2.28. The molecule has 0 saturated carbocycles.